The highest BCUT2D eigenvalue weighted by Crippen LogP contribution is 2.31. The zero-order valence-corrected chi connectivity index (χ0v) is 11.4. The lowest BCUT2D eigenvalue weighted by molar-refractivity contribution is 0.0995. The lowest BCUT2D eigenvalue weighted by atomic mass is 10.0. The van der Waals surface area contributed by atoms with E-state index in [1.54, 1.807) is 7.11 Å². The fourth-order valence-electron chi connectivity index (χ4n) is 2.21. The van der Waals surface area contributed by atoms with Gasteiger partial charge in [-0.15, -0.1) is 0 Å². The van der Waals surface area contributed by atoms with E-state index in [0.717, 1.165) is 11.1 Å². The van der Waals surface area contributed by atoms with Gasteiger partial charge in [-0.2, -0.15) is 0 Å². The van der Waals surface area contributed by atoms with Crippen molar-refractivity contribution in [2.75, 3.05) is 7.11 Å². The second kappa shape index (κ2) is 5.20. The predicted molar refractivity (Wildman–Crippen MR) is 80.0 cm³/mol. The summed E-state index contributed by atoms with van der Waals surface area (Å²) in [6, 6.07) is 13.6. The third-order valence-electron chi connectivity index (χ3n) is 3.22. The number of hydrogen-bond donors (Lipinski definition) is 1. The SMILES string of the molecule is COc1ccc(-c2ccccc2)c2ncc(C(N)=O)nc12. The molecule has 5 heteroatoms. The first-order valence-electron chi connectivity index (χ1n) is 6.39. The van der Waals surface area contributed by atoms with Crippen LogP contribution < -0.4 is 10.5 Å². The maximum Gasteiger partial charge on any atom is 0.268 e. The maximum atomic E-state index is 11.3. The Labute approximate surface area is 121 Å². The molecule has 0 saturated carbocycles. The largest absolute Gasteiger partial charge is 0.494 e. The van der Waals surface area contributed by atoms with Crippen LogP contribution in [0.15, 0.2) is 48.7 Å². The van der Waals surface area contributed by atoms with Crippen LogP contribution in [0.2, 0.25) is 0 Å². The monoisotopic (exact) mass is 279 g/mol. The second-order valence-corrected chi connectivity index (χ2v) is 4.50. The van der Waals surface area contributed by atoms with Gasteiger partial charge in [0.15, 0.2) is 0 Å². The van der Waals surface area contributed by atoms with Crippen LogP contribution in [0.3, 0.4) is 0 Å². The van der Waals surface area contributed by atoms with E-state index in [9.17, 15) is 4.79 Å². The topological polar surface area (TPSA) is 78.1 Å². The molecule has 0 bridgehead atoms. The van der Waals surface area contributed by atoms with Crippen LogP contribution >= 0.6 is 0 Å². The highest BCUT2D eigenvalue weighted by Gasteiger charge is 2.13. The van der Waals surface area contributed by atoms with Crippen LogP contribution in [-0.4, -0.2) is 23.0 Å². The Hall–Kier alpha value is -2.95. The minimum absolute atomic E-state index is 0.117. The molecule has 0 aliphatic heterocycles. The fraction of sp³-hybridized carbons (Fsp3) is 0.0625. The zero-order valence-electron chi connectivity index (χ0n) is 11.4. The second-order valence-electron chi connectivity index (χ2n) is 4.50. The van der Waals surface area contributed by atoms with Gasteiger partial charge in [0.25, 0.3) is 5.91 Å². The molecule has 2 aromatic carbocycles. The molecule has 3 rings (SSSR count). The molecule has 5 nitrogen and oxygen atoms in total. The van der Waals surface area contributed by atoms with Crippen molar-refractivity contribution in [2.45, 2.75) is 0 Å². The molecule has 0 aliphatic carbocycles. The molecule has 1 amide bonds. The van der Waals surface area contributed by atoms with E-state index in [2.05, 4.69) is 9.97 Å². The Kier molecular flexibility index (Phi) is 3.23. The number of methoxy groups -OCH3 is 1. The predicted octanol–water partition coefficient (Wildman–Crippen LogP) is 2.40. The summed E-state index contributed by atoms with van der Waals surface area (Å²) in [6.07, 6.45) is 1.39. The van der Waals surface area contributed by atoms with Gasteiger partial charge in [-0.3, -0.25) is 9.78 Å². The first-order chi connectivity index (χ1) is 10.2. The van der Waals surface area contributed by atoms with E-state index >= 15 is 0 Å². The molecule has 104 valence electrons. The quantitative estimate of drug-likeness (QED) is 0.798. The highest BCUT2D eigenvalue weighted by atomic mass is 16.5. The van der Waals surface area contributed by atoms with Gasteiger partial charge in [-0.1, -0.05) is 30.3 Å². The average Bonchev–Trinajstić information content (AvgIpc) is 2.54. The summed E-state index contributed by atoms with van der Waals surface area (Å²) in [5.74, 6) is -0.0585. The minimum atomic E-state index is -0.614. The third-order valence-corrected chi connectivity index (χ3v) is 3.22. The van der Waals surface area contributed by atoms with Gasteiger partial charge in [0.2, 0.25) is 0 Å². The minimum Gasteiger partial charge on any atom is -0.494 e. The van der Waals surface area contributed by atoms with E-state index in [0.29, 0.717) is 16.8 Å². The van der Waals surface area contributed by atoms with Crippen LogP contribution in [0.1, 0.15) is 10.5 Å². The number of amides is 1. The molecule has 0 spiro atoms. The molecule has 2 N–H and O–H groups in total. The van der Waals surface area contributed by atoms with Gasteiger partial charge in [0.05, 0.1) is 13.3 Å². The Bertz CT molecular complexity index is 816. The molecule has 1 aromatic heterocycles. The Morgan fingerprint density at radius 2 is 1.86 bits per heavy atom. The number of nitrogens with zero attached hydrogens (tertiary/aromatic N) is 2. The molecule has 1 heterocycles. The normalized spacial score (nSPS) is 10.5. The van der Waals surface area contributed by atoms with Crippen molar-refractivity contribution >= 4 is 16.9 Å². The van der Waals surface area contributed by atoms with Crippen molar-refractivity contribution in [3.8, 4) is 16.9 Å². The molecule has 0 fully saturated rings. The van der Waals surface area contributed by atoms with E-state index in [1.165, 1.54) is 6.20 Å². The molecule has 0 aliphatic rings. The maximum absolute atomic E-state index is 11.3. The summed E-state index contributed by atoms with van der Waals surface area (Å²) in [5.41, 5.74) is 8.52. The molecule has 0 saturated heterocycles. The summed E-state index contributed by atoms with van der Waals surface area (Å²) >= 11 is 0. The zero-order chi connectivity index (χ0) is 14.8. The van der Waals surface area contributed by atoms with Crippen molar-refractivity contribution in [3.05, 3.63) is 54.4 Å². The number of ether oxygens (including phenoxy) is 1. The molecular weight excluding hydrogens is 266 g/mol. The first kappa shape index (κ1) is 13.1. The van der Waals surface area contributed by atoms with Crippen molar-refractivity contribution in [2.24, 2.45) is 5.73 Å². The summed E-state index contributed by atoms with van der Waals surface area (Å²) in [6.45, 7) is 0. The number of fused-ring (bicyclic) bond motifs is 1. The van der Waals surface area contributed by atoms with Crippen molar-refractivity contribution in [1.29, 1.82) is 0 Å². The summed E-state index contributed by atoms with van der Waals surface area (Å²) in [7, 11) is 1.55. The van der Waals surface area contributed by atoms with E-state index < -0.39 is 5.91 Å². The standard InChI is InChI=1S/C16H13N3O2/c1-21-13-8-7-11(10-5-3-2-4-6-10)14-15(13)19-12(9-18-14)16(17)20/h2-9H,1H3,(H2,17,20). The van der Waals surface area contributed by atoms with E-state index in [-0.39, 0.29) is 5.69 Å². The van der Waals surface area contributed by atoms with E-state index in [1.807, 2.05) is 42.5 Å². The van der Waals surface area contributed by atoms with Gasteiger partial charge in [-0.05, 0) is 17.7 Å². The van der Waals surface area contributed by atoms with Crippen molar-refractivity contribution < 1.29 is 9.53 Å². The molecule has 0 unspecified atom stereocenters. The number of nitrogens with two attached hydrogens (primary N) is 1. The van der Waals surface area contributed by atoms with Gasteiger partial charge in [0.1, 0.15) is 22.5 Å². The van der Waals surface area contributed by atoms with Gasteiger partial charge in [-0.25, -0.2) is 4.98 Å². The fourth-order valence-corrected chi connectivity index (χ4v) is 2.21. The Morgan fingerprint density at radius 3 is 2.52 bits per heavy atom. The van der Waals surface area contributed by atoms with Crippen LogP contribution in [0, 0.1) is 0 Å². The van der Waals surface area contributed by atoms with Gasteiger partial charge >= 0.3 is 0 Å². The van der Waals surface area contributed by atoms with Crippen LogP contribution in [0.4, 0.5) is 0 Å². The lowest BCUT2D eigenvalue weighted by Gasteiger charge is -2.10. The first-order valence-corrected chi connectivity index (χ1v) is 6.39. The molecule has 0 radical (unpaired) electrons. The van der Waals surface area contributed by atoms with Crippen LogP contribution in [0.5, 0.6) is 5.75 Å². The lowest BCUT2D eigenvalue weighted by Crippen LogP contribution is -2.13. The summed E-state index contributed by atoms with van der Waals surface area (Å²) in [4.78, 5) is 19.9. The van der Waals surface area contributed by atoms with E-state index in [4.69, 9.17) is 10.5 Å². The number of carbonyl (C=O) groups is 1. The number of aromatic nitrogens is 2. The smallest absolute Gasteiger partial charge is 0.268 e. The van der Waals surface area contributed by atoms with Crippen LogP contribution in [0.25, 0.3) is 22.2 Å². The van der Waals surface area contributed by atoms with Gasteiger partial charge in [0, 0.05) is 5.56 Å². The number of primary amides is 1. The molecule has 0 atom stereocenters. The number of carbonyl (C=O) groups excluding carboxylic acids is 1. The van der Waals surface area contributed by atoms with Gasteiger partial charge < -0.3 is 10.5 Å². The highest BCUT2D eigenvalue weighted by molar-refractivity contribution is 5.98. The third kappa shape index (κ3) is 2.29. The molecule has 3 aromatic rings. The van der Waals surface area contributed by atoms with Crippen molar-refractivity contribution in [3.63, 3.8) is 0 Å². The summed E-state index contributed by atoms with van der Waals surface area (Å²) in [5, 5.41) is 0. The average molecular weight is 279 g/mol. The van der Waals surface area contributed by atoms with Crippen molar-refractivity contribution in [1.82, 2.24) is 9.97 Å². The Balaban J connectivity index is 2.31. The summed E-state index contributed by atoms with van der Waals surface area (Å²) < 4.78 is 5.30. The number of rotatable bonds is 3. The van der Waals surface area contributed by atoms with Crippen LogP contribution in [-0.2, 0) is 0 Å². The Morgan fingerprint density at radius 1 is 1.10 bits per heavy atom. The number of benzene rings is 2. The molecule has 21 heavy (non-hydrogen) atoms. The molecular formula is C16H13N3O2. The number of hydrogen-bond acceptors (Lipinski definition) is 4.